The Morgan fingerprint density at radius 1 is 1.00 bits per heavy atom. The predicted molar refractivity (Wildman–Crippen MR) is 109 cm³/mol. The van der Waals surface area contributed by atoms with Crippen LogP contribution < -0.4 is 0 Å². The normalized spacial score (nSPS) is 11.5. The average Bonchev–Trinajstić information content (AvgIpc) is 2.78. The summed E-state index contributed by atoms with van der Waals surface area (Å²) in [6, 6.07) is 10.1. The van der Waals surface area contributed by atoms with Crippen LogP contribution in [0.3, 0.4) is 0 Å². The summed E-state index contributed by atoms with van der Waals surface area (Å²) in [6.45, 7) is 10.5. The lowest BCUT2D eigenvalue weighted by atomic mass is 10.1. The number of hydrogen-bond donors (Lipinski definition) is 0. The fourth-order valence-electron chi connectivity index (χ4n) is 2.95. The first-order chi connectivity index (χ1) is 12.0. The molecular formula is C21H28N2O2S. The topological polar surface area (TPSA) is 42.3 Å². The molecule has 1 aromatic heterocycles. The van der Waals surface area contributed by atoms with Crippen molar-refractivity contribution in [1.82, 2.24) is 9.47 Å². The maximum absolute atomic E-state index is 13.0. The first-order valence-corrected chi connectivity index (χ1v) is 9.53. The van der Waals surface area contributed by atoms with E-state index in [2.05, 4.69) is 16.7 Å². The zero-order valence-electron chi connectivity index (χ0n) is 16.7. The molecule has 0 aliphatic rings. The first-order valence-electron chi connectivity index (χ1n) is 8.71. The minimum absolute atomic E-state index is 0.0462. The Kier molecular flexibility index (Phi) is 6.02. The molecule has 0 aliphatic heterocycles. The molecule has 1 amide bonds. The number of hydrogen-bond acceptors (Lipinski definition) is 3. The molecule has 1 aromatic carbocycles. The standard InChI is InChI=1S/C21H28N2O2S/c1-14-17(19(24)22(6)7)18(20(25)26-21(3,4)5)15(2)23(14)13-16-11-9-8-10-12-16/h8-12H,13H2,1-7H3. The Morgan fingerprint density at radius 3 is 2.04 bits per heavy atom. The van der Waals surface area contributed by atoms with Crippen molar-refractivity contribution in [2.75, 3.05) is 14.1 Å². The second-order valence-corrected chi connectivity index (χ2v) is 9.49. The highest BCUT2D eigenvalue weighted by Gasteiger charge is 2.30. The second-order valence-electron chi connectivity index (χ2n) is 7.69. The van der Waals surface area contributed by atoms with Gasteiger partial charge < -0.3 is 9.47 Å². The average molecular weight is 373 g/mol. The zero-order valence-corrected chi connectivity index (χ0v) is 17.5. The van der Waals surface area contributed by atoms with E-state index < -0.39 is 0 Å². The number of aromatic nitrogens is 1. The number of amides is 1. The van der Waals surface area contributed by atoms with Gasteiger partial charge in [-0.2, -0.15) is 0 Å². The molecule has 0 bridgehead atoms. The van der Waals surface area contributed by atoms with Crippen LogP contribution in [0, 0.1) is 13.8 Å². The van der Waals surface area contributed by atoms with Crippen LogP contribution in [0.1, 0.15) is 58.4 Å². The van der Waals surface area contributed by atoms with Crippen molar-refractivity contribution in [2.24, 2.45) is 0 Å². The van der Waals surface area contributed by atoms with Crippen LogP contribution in [0.25, 0.3) is 0 Å². The van der Waals surface area contributed by atoms with Crippen LogP contribution in [-0.4, -0.2) is 39.3 Å². The van der Waals surface area contributed by atoms with E-state index in [0.29, 0.717) is 17.7 Å². The number of nitrogens with zero attached hydrogens (tertiary/aromatic N) is 2. The summed E-state index contributed by atoms with van der Waals surface area (Å²) < 4.78 is 1.86. The second kappa shape index (κ2) is 7.70. The molecule has 0 saturated heterocycles. The zero-order chi connectivity index (χ0) is 19.6. The molecule has 1 heterocycles. The summed E-state index contributed by atoms with van der Waals surface area (Å²) in [5.74, 6) is -0.129. The molecule has 140 valence electrons. The van der Waals surface area contributed by atoms with E-state index in [4.69, 9.17) is 0 Å². The smallest absolute Gasteiger partial charge is 0.255 e. The van der Waals surface area contributed by atoms with Gasteiger partial charge in [0.05, 0.1) is 11.1 Å². The summed E-state index contributed by atoms with van der Waals surface area (Å²) in [7, 11) is 3.44. The SMILES string of the molecule is Cc1c(C(=O)SC(C)(C)C)c(C(=O)N(C)C)c(C)n1Cc1ccccc1. The third kappa shape index (κ3) is 4.39. The molecule has 26 heavy (non-hydrogen) atoms. The summed E-state index contributed by atoms with van der Waals surface area (Å²) in [4.78, 5) is 27.4. The Balaban J connectivity index is 2.59. The minimum atomic E-state index is -0.211. The van der Waals surface area contributed by atoms with E-state index >= 15 is 0 Å². The molecule has 2 rings (SSSR count). The maximum Gasteiger partial charge on any atom is 0.255 e. The lowest BCUT2D eigenvalue weighted by Crippen LogP contribution is -2.24. The van der Waals surface area contributed by atoms with Crippen LogP contribution in [-0.2, 0) is 6.54 Å². The monoisotopic (exact) mass is 372 g/mol. The molecule has 0 fully saturated rings. The Morgan fingerprint density at radius 2 is 1.54 bits per heavy atom. The summed E-state index contributed by atoms with van der Waals surface area (Å²) in [5, 5.41) is -0.0462. The lowest BCUT2D eigenvalue weighted by Gasteiger charge is -2.17. The molecule has 4 nitrogen and oxygen atoms in total. The third-order valence-electron chi connectivity index (χ3n) is 4.19. The van der Waals surface area contributed by atoms with E-state index in [1.807, 2.05) is 52.8 Å². The van der Waals surface area contributed by atoms with E-state index in [9.17, 15) is 9.59 Å². The van der Waals surface area contributed by atoms with Crippen LogP contribution in [0.2, 0.25) is 0 Å². The first kappa shape index (κ1) is 20.3. The van der Waals surface area contributed by atoms with Gasteiger partial charge in [-0.3, -0.25) is 9.59 Å². The van der Waals surface area contributed by atoms with E-state index in [1.165, 1.54) is 16.7 Å². The summed E-state index contributed by atoms with van der Waals surface area (Å²) in [5.41, 5.74) is 3.88. The van der Waals surface area contributed by atoms with Gasteiger partial charge in [0.15, 0.2) is 0 Å². The molecule has 0 saturated carbocycles. The molecule has 0 unspecified atom stereocenters. The van der Waals surface area contributed by atoms with Gasteiger partial charge in [-0.1, -0.05) is 62.9 Å². The van der Waals surface area contributed by atoms with Crippen LogP contribution in [0.15, 0.2) is 30.3 Å². The third-order valence-corrected chi connectivity index (χ3v) is 5.19. The van der Waals surface area contributed by atoms with Crippen molar-refractivity contribution in [1.29, 1.82) is 0 Å². The predicted octanol–water partition coefficient (Wildman–Crippen LogP) is 4.53. The van der Waals surface area contributed by atoms with Crippen molar-refractivity contribution >= 4 is 22.8 Å². The van der Waals surface area contributed by atoms with Gasteiger partial charge in [0.2, 0.25) is 5.12 Å². The van der Waals surface area contributed by atoms with Crippen LogP contribution in [0.5, 0.6) is 0 Å². The number of benzene rings is 1. The molecule has 0 atom stereocenters. The highest BCUT2D eigenvalue weighted by atomic mass is 32.2. The highest BCUT2D eigenvalue weighted by molar-refractivity contribution is 8.15. The molecule has 0 N–H and O–H groups in total. The van der Waals surface area contributed by atoms with Gasteiger partial charge >= 0.3 is 0 Å². The van der Waals surface area contributed by atoms with Crippen molar-refractivity contribution in [3.63, 3.8) is 0 Å². The number of carbonyl (C=O) groups is 2. The number of rotatable bonds is 4. The van der Waals surface area contributed by atoms with Gasteiger partial charge in [0.25, 0.3) is 5.91 Å². The summed E-state index contributed by atoms with van der Waals surface area (Å²) in [6.07, 6.45) is 0. The minimum Gasteiger partial charge on any atom is -0.345 e. The molecule has 0 radical (unpaired) electrons. The van der Waals surface area contributed by atoms with E-state index in [0.717, 1.165) is 17.0 Å². The molecule has 5 heteroatoms. The van der Waals surface area contributed by atoms with Gasteiger partial charge in [0, 0.05) is 36.8 Å². The fourth-order valence-corrected chi connectivity index (χ4v) is 3.86. The van der Waals surface area contributed by atoms with Gasteiger partial charge in [0.1, 0.15) is 0 Å². The Bertz CT molecular complexity index is 815. The van der Waals surface area contributed by atoms with E-state index in [-0.39, 0.29) is 15.8 Å². The molecule has 0 aliphatic carbocycles. The maximum atomic E-state index is 13.0. The lowest BCUT2D eigenvalue weighted by molar-refractivity contribution is 0.0823. The van der Waals surface area contributed by atoms with Gasteiger partial charge in [-0.15, -0.1) is 0 Å². The Hall–Kier alpha value is -2.01. The fraction of sp³-hybridized carbons (Fsp3) is 0.429. The van der Waals surface area contributed by atoms with E-state index in [1.54, 1.807) is 14.1 Å². The number of thioether (sulfide) groups is 1. The van der Waals surface area contributed by atoms with Crippen molar-refractivity contribution in [2.45, 2.75) is 45.9 Å². The molecule has 2 aromatic rings. The van der Waals surface area contributed by atoms with Crippen molar-refractivity contribution in [3.8, 4) is 0 Å². The highest BCUT2D eigenvalue weighted by Crippen LogP contribution is 2.33. The molecular weight excluding hydrogens is 344 g/mol. The van der Waals surface area contributed by atoms with Crippen molar-refractivity contribution in [3.05, 3.63) is 58.4 Å². The van der Waals surface area contributed by atoms with Crippen molar-refractivity contribution < 1.29 is 9.59 Å². The van der Waals surface area contributed by atoms with Crippen LogP contribution >= 0.6 is 11.8 Å². The largest absolute Gasteiger partial charge is 0.345 e. The van der Waals surface area contributed by atoms with Gasteiger partial charge in [-0.25, -0.2) is 0 Å². The Labute approximate surface area is 160 Å². The molecule has 0 spiro atoms. The number of carbonyl (C=O) groups excluding carboxylic acids is 2. The van der Waals surface area contributed by atoms with Crippen LogP contribution in [0.4, 0.5) is 0 Å². The summed E-state index contributed by atoms with van der Waals surface area (Å²) >= 11 is 1.27. The quantitative estimate of drug-likeness (QED) is 0.792. The van der Waals surface area contributed by atoms with Gasteiger partial charge in [-0.05, 0) is 19.4 Å².